The second kappa shape index (κ2) is 5.87. The summed E-state index contributed by atoms with van der Waals surface area (Å²) in [5.41, 5.74) is 2.93. The van der Waals surface area contributed by atoms with Crippen LogP contribution in [-0.2, 0) is 7.05 Å². The Kier molecular flexibility index (Phi) is 3.75. The average Bonchev–Trinajstić information content (AvgIpc) is 3.23. The predicted octanol–water partition coefficient (Wildman–Crippen LogP) is 1.88. The first-order valence-electron chi connectivity index (χ1n) is 6.59. The largest absolute Gasteiger partial charge is 0.461 e. The molecule has 8 nitrogen and oxygen atoms in total. The summed E-state index contributed by atoms with van der Waals surface area (Å²) in [6.07, 6.45) is 2.66. The number of rotatable bonds is 4. The Labute approximate surface area is 129 Å². The summed E-state index contributed by atoms with van der Waals surface area (Å²) in [5.74, 6) is -0.363. The normalized spacial score (nSPS) is 11.3. The van der Waals surface area contributed by atoms with E-state index < -0.39 is 11.9 Å². The number of aromatic nitrogens is 3. The molecule has 0 saturated carbocycles. The number of carbonyl (C=O) groups excluding carboxylic acids is 1. The summed E-state index contributed by atoms with van der Waals surface area (Å²) in [7, 11) is 1.48. The van der Waals surface area contributed by atoms with E-state index in [2.05, 4.69) is 20.8 Å². The molecule has 0 atom stereocenters. The Balaban J connectivity index is 1.69. The molecular formula is C14H12FN5O3. The van der Waals surface area contributed by atoms with Crippen LogP contribution in [0.15, 0.2) is 38.5 Å². The third kappa shape index (κ3) is 2.89. The molecule has 3 aromatic rings. The minimum atomic E-state index is -0.593. The minimum absolute atomic E-state index is 0.0249. The molecule has 118 valence electrons. The summed E-state index contributed by atoms with van der Waals surface area (Å²) < 4.78 is 24.9. The van der Waals surface area contributed by atoms with E-state index in [9.17, 15) is 9.18 Å². The number of nitrogens with zero attached hydrogens (tertiary/aromatic N) is 4. The Bertz CT molecular complexity index is 863. The van der Waals surface area contributed by atoms with E-state index in [1.807, 2.05) is 0 Å². The van der Waals surface area contributed by atoms with E-state index in [1.54, 1.807) is 19.1 Å². The highest BCUT2D eigenvalue weighted by molar-refractivity contribution is 5.93. The van der Waals surface area contributed by atoms with E-state index in [4.69, 9.17) is 8.94 Å². The fourth-order valence-corrected chi connectivity index (χ4v) is 1.92. The van der Waals surface area contributed by atoms with E-state index >= 15 is 0 Å². The summed E-state index contributed by atoms with van der Waals surface area (Å²) in [4.78, 5) is 11.9. The summed E-state index contributed by atoms with van der Waals surface area (Å²) in [6.45, 7) is 1.64. The fourth-order valence-electron chi connectivity index (χ4n) is 1.92. The van der Waals surface area contributed by atoms with Crippen LogP contribution in [0.25, 0.3) is 11.5 Å². The van der Waals surface area contributed by atoms with Gasteiger partial charge in [0.2, 0.25) is 11.7 Å². The van der Waals surface area contributed by atoms with Gasteiger partial charge in [-0.25, -0.2) is 10.1 Å². The predicted molar refractivity (Wildman–Crippen MR) is 77.2 cm³/mol. The number of hydrogen-bond donors (Lipinski definition) is 1. The maximum Gasteiger partial charge on any atom is 0.293 e. The van der Waals surface area contributed by atoms with Gasteiger partial charge < -0.3 is 8.94 Å². The van der Waals surface area contributed by atoms with E-state index in [1.165, 1.54) is 25.6 Å². The third-order valence-corrected chi connectivity index (χ3v) is 3.06. The van der Waals surface area contributed by atoms with Crippen molar-refractivity contribution >= 4 is 12.1 Å². The molecule has 0 spiro atoms. The van der Waals surface area contributed by atoms with Gasteiger partial charge in [-0.3, -0.25) is 4.79 Å². The van der Waals surface area contributed by atoms with E-state index in [-0.39, 0.29) is 11.3 Å². The number of nitrogens with one attached hydrogen (secondary N) is 1. The number of carbonyl (C=O) groups is 1. The zero-order valence-electron chi connectivity index (χ0n) is 12.3. The summed E-state index contributed by atoms with van der Waals surface area (Å²) in [6, 6.07) is 4.78. The molecule has 0 aliphatic rings. The minimum Gasteiger partial charge on any atom is -0.461 e. The SMILES string of the molecule is Cc1nn(C)c(F)c1/C=N/NC(=O)c1cc(-c2ccco2)on1. The molecule has 0 saturated heterocycles. The Morgan fingerprint density at radius 1 is 1.48 bits per heavy atom. The lowest BCUT2D eigenvalue weighted by atomic mass is 10.3. The van der Waals surface area contributed by atoms with Gasteiger partial charge in [-0.2, -0.15) is 14.6 Å². The highest BCUT2D eigenvalue weighted by Gasteiger charge is 2.15. The topological polar surface area (TPSA) is 98.5 Å². The van der Waals surface area contributed by atoms with Crippen LogP contribution in [-0.4, -0.2) is 27.1 Å². The van der Waals surface area contributed by atoms with Crippen LogP contribution in [0.1, 0.15) is 21.7 Å². The molecule has 9 heteroatoms. The smallest absolute Gasteiger partial charge is 0.293 e. The standard InChI is InChI=1S/C14H12FN5O3/c1-8-9(13(15)20(2)18-8)7-16-17-14(21)10-6-12(23-19-10)11-4-3-5-22-11/h3-7H,1-2H3,(H,17,21)/b16-7+. The molecule has 23 heavy (non-hydrogen) atoms. The maximum atomic E-state index is 13.7. The molecule has 0 fully saturated rings. The zero-order chi connectivity index (χ0) is 16.4. The molecule has 3 aromatic heterocycles. The second-order valence-electron chi connectivity index (χ2n) is 4.67. The molecule has 0 unspecified atom stereocenters. The van der Waals surface area contributed by atoms with Gasteiger partial charge in [0.1, 0.15) is 0 Å². The first-order valence-corrected chi connectivity index (χ1v) is 6.59. The third-order valence-electron chi connectivity index (χ3n) is 3.06. The number of halogens is 1. The average molecular weight is 317 g/mol. The monoisotopic (exact) mass is 317 g/mol. The van der Waals surface area contributed by atoms with Gasteiger partial charge in [0.25, 0.3) is 5.91 Å². The lowest BCUT2D eigenvalue weighted by Crippen LogP contribution is -2.18. The van der Waals surface area contributed by atoms with Gasteiger partial charge in [-0.15, -0.1) is 0 Å². The fraction of sp³-hybridized carbons (Fsp3) is 0.143. The van der Waals surface area contributed by atoms with Crippen molar-refractivity contribution in [2.75, 3.05) is 0 Å². The quantitative estimate of drug-likeness (QED) is 0.585. The van der Waals surface area contributed by atoms with Crippen molar-refractivity contribution in [3.05, 3.63) is 47.4 Å². The molecule has 1 N–H and O–H groups in total. The highest BCUT2D eigenvalue weighted by atomic mass is 19.1. The number of hydrogen-bond acceptors (Lipinski definition) is 6. The molecule has 3 heterocycles. The van der Waals surface area contributed by atoms with Crippen LogP contribution >= 0.6 is 0 Å². The van der Waals surface area contributed by atoms with E-state index in [0.29, 0.717) is 17.2 Å². The van der Waals surface area contributed by atoms with Crippen LogP contribution in [0.4, 0.5) is 4.39 Å². The molecule has 0 aliphatic heterocycles. The van der Waals surface area contributed by atoms with Crippen molar-refractivity contribution in [1.82, 2.24) is 20.4 Å². The molecular weight excluding hydrogens is 305 g/mol. The molecule has 1 amide bonds. The number of furan rings is 1. The van der Waals surface area contributed by atoms with Gasteiger partial charge in [-0.1, -0.05) is 5.16 Å². The van der Waals surface area contributed by atoms with Gasteiger partial charge in [0.15, 0.2) is 11.5 Å². The Morgan fingerprint density at radius 2 is 2.30 bits per heavy atom. The second-order valence-corrected chi connectivity index (χ2v) is 4.67. The zero-order valence-corrected chi connectivity index (χ0v) is 12.3. The number of aryl methyl sites for hydroxylation is 2. The van der Waals surface area contributed by atoms with Crippen LogP contribution in [0, 0.1) is 12.9 Å². The van der Waals surface area contributed by atoms with Crippen LogP contribution in [0.5, 0.6) is 0 Å². The molecule has 3 rings (SSSR count). The Morgan fingerprint density at radius 3 is 2.96 bits per heavy atom. The first kappa shape index (κ1) is 14.7. The van der Waals surface area contributed by atoms with Crippen molar-refractivity contribution in [1.29, 1.82) is 0 Å². The number of hydrazone groups is 1. The molecule has 0 aliphatic carbocycles. The lowest BCUT2D eigenvalue weighted by molar-refractivity contribution is 0.0946. The van der Waals surface area contributed by atoms with Crippen LogP contribution in [0.3, 0.4) is 0 Å². The van der Waals surface area contributed by atoms with Gasteiger partial charge in [0.05, 0.1) is 23.7 Å². The van der Waals surface area contributed by atoms with Gasteiger partial charge in [0, 0.05) is 13.1 Å². The summed E-state index contributed by atoms with van der Waals surface area (Å²) >= 11 is 0. The van der Waals surface area contributed by atoms with Crippen molar-refractivity contribution in [3.8, 4) is 11.5 Å². The van der Waals surface area contributed by atoms with Crippen molar-refractivity contribution in [2.45, 2.75) is 6.92 Å². The molecule has 0 bridgehead atoms. The van der Waals surface area contributed by atoms with Gasteiger partial charge >= 0.3 is 0 Å². The first-order chi connectivity index (χ1) is 11.1. The number of amides is 1. The highest BCUT2D eigenvalue weighted by Crippen LogP contribution is 2.20. The lowest BCUT2D eigenvalue weighted by Gasteiger charge is -1.94. The van der Waals surface area contributed by atoms with Crippen molar-refractivity contribution in [3.63, 3.8) is 0 Å². The Hall–Kier alpha value is -3.23. The molecule has 0 aromatic carbocycles. The summed E-state index contributed by atoms with van der Waals surface area (Å²) in [5, 5.41) is 11.2. The van der Waals surface area contributed by atoms with Crippen molar-refractivity contribution in [2.24, 2.45) is 12.1 Å². The van der Waals surface area contributed by atoms with E-state index in [0.717, 1.165) is 4.68 Å². The van der Waals surface area contributed by atoms with Crippen molar-refractivity contribution < 1.29 is 18.1 Å². The van der Waals surface area contributed by atoms with Crippen LogP contribution < -0.4 is 5.43 Å². The van der Waals surface area contributed by atoms with Gasteiger partial charge in [-0.05, 0) is 19.1 Å². The maximum absolute atomic E-state index is 13.7. The van der Waals surface area contributed by atoms with Crippen LogP contribution in [0.2, 0.25) is 0 Å². The molecule has 0 radical (unpaired) electrons.